The van der Waals surface area contributed by atoms with Crippen LogP contribution in [0.25, 0.3) is 0 Å². The second-order valence-electron chi connectivity index (χ2n) is 7.98. The van der Waals surface area contributed by atoms with Crippen LogP contribution in [0, 0.1) is 0 Å². The van der Waals surface area contributed by atoms with Gasteiger partial charge in [0, 0.05) is 37.2 Å². The van der Waals surface area contributed by atoms with Crippen molar-refractivity contribution in [1.29, 1.82) is 0 Å². The molecule has 5 rings (SSSR count). The molecule has 158 valence electrons. The number of carbonyl (C=O) groups excluding carboxylic acids is 4. The Morgan fingerprint density at radius 2 is 2.00 bits per heavy atom. The van der Waals surface area contributed by atoms with Gasteiger partial charge in [-0.3, -0.25) is 19.7 Å². The highest BCUT2D eigenvalue weighted by atomic mass is 16.7. The number of imide groups is 1. The van der Waals surface area contributed by atoms with Crippen molar-refractivity contribution in [2.45, 2.75) is 37.6 Å². The number of piperidine rings is 1. The first-order chi connectivity index (χ1) is 14.4. The molecular formula is C20H22N4O6. The molecule has 1 aromatic carbocycles. The summed E-state index contributed by atoms with van der Waals surface area (Å²) in [5, 5.41) is 5.15. The number of amides is 5. The van der Waals surface area contributed by atoms with Gasteiger partial charge in [-0.2, -0.15) is 0 Å². The van der Waals surface area contributed by atoms with Crippen LogP contribution in [-0.2, 0) is 25.6 Å². The summed E-state index contributed by atoms with van der Waals surface area (Å²) in [4.78, 5) is 52.1. The van der Waals surface area contributed by atoms with E-state index in [9.17, 15) is 19.2 Å². The molecule has 4 heterocycles. The van der Waals surface area contributed by atoms with Gasteiger partial charge in [0.1, 0.15) is 6.04 Å². The lowest BCUT2D eigenvalue weighted by molar-refractivity contribution is -0.143. The van der Waals surface area contributed by atoms with Crippen molar-refractivity contribution >= 4 is 29.4 Å². The van der Waals surface area contributed by atoms with Crippen LogP contribution in [0.5, 0.6) is 0 Å². The Labute approximate surface area is 172 Å². The number of hydrogen-bond acceptors (Lipinski definition) is 6. The van der Waals surface area contributed by atoms with Crippen LogP contribution in [0.2, 0.25) is 0 Å². The van der Waals surface area contributed by atoms with Crippen LogP contribution in [0.3, 0.4) is 0 Å². The molecule has 4 aliphatic rings. The van der Waals surface area contributed by atoms with Crippen molar-refractivity contribution in [3.63, 3.8) is 0 Å². The molecule has 10 nitrogen and oxygen atoms in total. The highest BCUT2D eigenvalue weighted by molar-refractivity contribution is 6.05. The molecule has 10 heteroatoms. The lowest BCUT2D eigenvalue weighted by atomic mass is 10.0. The van der Waals surface area contributed by atoms with Crippen LogP contribution >= 0.6 is 0 Å². The molecule has 5 amide bonds. The first kappa shape index (κ1) is 19.0. The molecule has 2 N–H and O–H groups in total. The van der Waals surface area contributed by atoms with Gasteiger partial charge in [-0.15, -0.1) is 0 Å². The number of ether oxygens (including phenoxy) is 2. The van der Waals surface area contributed by atoms with Crippen molar-refractivity contribution in [1.82, 2.24) is 15.1 Å². The van der Waals surface area contributed by atoms with E-state index in [1.165, 1.54) is 4.90 Å². The molecular weight excluding hydrogens is 392 g/mol. The molecule has 30 heavy (non-hydrogen) atoms. The normalized spacial score (nSPS) is 25.1. The fourth-order valence-electron chi connectivity index (χ4n) is 4.51. The first-order valence-electron chi connectivity index (χ1n) is 10.1. The van der Waals surface area contributed by atoms with Gasteiger partial charge in [-0.25, -0.2) is 4.79 Å². The zero-order valence-electron chi connectivity index (χ0n) is 16.3. The topological polar surface area (TPSA) is 117 Å². The van der Waals surface area contributed by atoms with E-state index in [1.807, 2.05) is 0 Å². The van der Waals surface area contributed by atoms with E-state index in [4.69, 9.17) is 9.47 Å². The average molecular weight is 414 g/mol. The Hall–Kier alpha value is -2.98. The summed E-state index contributed by atoms with van der Waals surface area (Å²) in [5.74, 6) is -1.68. The Bertz CT molecular complexity index is 941. The molecule has 3 fully saturated rings. The van der Waals surface area contributed by atoms with Gasteiger partial charge in [0.2, 0.25) is 11.8 Å². The molecule has 0 aliphatic carbocycles. The number of nitrogens with zero attached hydrogens (tertiary/aromatic N) is 2. The predicted molar refractivity (Wildman–Crippen MR) is 102 cm³/mol. The van der Waals surface area contributed by atoms with E-state index < -0.39 is 17.7 Å². The van der Waals surface area contributed by atoms with Crippen molar-refractivity contribution in [2.24, 2.45) is 0 Å². The summed E-state index contributed by atoms with van der Waals surface area (Å²) in [5.41, 5.74) is 1.82. The summed E-state index contributed by atoms with van der Waals surface area (Å²) < 4.78 is 11.3. The molecule has 3 saturated heterocycles. The molecule has 0 radical (unpaired) electrons. The van der Waals surface area contributed by atoms with Crippen molar-refractivity contribution in [3.8, 4) is 0 Å². The van der Waals surface area contributed by atoms with Gasteiger partial charge in [0.05, 0.1) is 19.8 Å². The molecule has 0 saturated carbocycles. The summed E-state index contributed by atoms with van der Waals surface area (Å²) in [6.07, 6.45) is 1.16. The second kappa shape index (κ2) is 7.06. The third-order valence-electron chi connectivity index (χ3n) is 6.07. The third-order valence-corrected chi connectivity index (χ3v) is 6.07. The van der Waals surface area contributed by atoms with E-state index in [2.05, 4.69) is 10.6 Å². The quantitative estimate of drug-likeness (QED) is 0.678. The summed E-state index contributed by atoms with van der Waals surface area (Å²) in [6.45, 7) is 2.26. The number of rotatable bonds is 2. The number of benzene rings is 1. The number of anilines is 1. The fourth-order valence-corrected chi connectivity index (χ4v) is 4.51. The summed E-state index contributed by atoms with van der Waals surface area (Å²) in [7, 11) is 0. The number of likely N-dealkylation sites (tertiary alicyclic amines) is 1. The van der Waals surface area contributed by atoms with E-state index >= 15 is 0 Å². The molecule has 0 bridgehead atoms. The Kier molecular flexibility index (Phi) is 4.48. The minimum Gasteiger partial charge on any atom is -0.346 e. The number of carbonyl (C=O) groups is 4. The fraction of sp³-hybridized carbons (Fsp3) is 0.500. The van der Waals surface area contributed by atoms with Crippen molar-refractivity contribution in [2.75, 3.05) is 31.6 Å². The number of hydrogen-bond donors (Lipinski definition) is 2. The Morgan fingerprint density at radius 3 is 2.77 bits per heavy atom. The second-order valence-corrected chi connectivity index (χ2v) is 7.98. The lowest BCUT2D eigenvalue weighted by Crippen LogP contribution is -2.52. The molecule has 4 aliphatic heterocycles. The molecule has 0 aromatic heterocycles. The molecule has 1 unspecified atom stereocenters. The minimum atomic E-state index is -0.676. The maximum atomic E-state index is 12.7. The van der Waals surface area contributed by atoms with Gasteiger partial charge in [-0.05, 0) is 30.2 Å². The lowest BCUT2D eigenvalue weighted by Gasteiger charge is -2.29. The smallest absolute Gasteiger partial charge is 0.322 e. The average Bonchev–Trinajstić information content (AvgIpc) is 3.43. The maximum Gasteiger partial charge on any atom is 0.322 e. The van der Waals surface area contributed by atoms with Crippen molar-refractivity contribution in [3.05, 3.63) is 29.3 Å². The number of fused-ring (bicyclic) bond motifs is 1. The SMILES string of the molecule is O=C1CCC(N2Cc3cc(NC(=O)N4CCC5(C4)OCCO5)ccc3C2=O)C(=O)N1. The van der Waals surface area contributed by atoms with Gasteiger partial charge in [-0.1, -0.05) is 0 Å². The zero-order chi connectivity index (χ0) is 20.9. The van der Waals surface area contributed by atoms with Crippen molar-refractivity contribution < 1.29 is 28.7 Å². The third kappa shape index (κ3) is 3.21. The summed E-state index contributed by atoms with van der Waals surface area (Å²) in [6, 6.07) is 4.18. The van der Waals surface area contributed by atoms with Gasteiger partial charge >= 0.3 is 6.03 Å². The molecule has 1 atom stereocenters. The van der Waals surface area contributed by atoms with Gasteiger partial charge in [0.15, 0.2) is 5.79 Å². The number of nitrogens with one attached hydrogen (secondary N) is 2. The van der Waals surface area contributed by atoms with Crippen LogP contribution in [-0.4, -0.2) is 71.7 Å². The van der Waals surface area contributed by atoms with E-state index in [0.717, 1.165) is 5.56 Å². The Balaban J connectivity index is 1.26. The standard InChI is InChI=1S/C20H22N4O6/c25-16-4-3-15(17(26)22-16)24-10-12-9-13(1-2-14(12)18(24)27)21-19(28)23-6-5-20(11-23)29-7-8-30-20/h1-2,9,15H,3-8,10-11H2,(H,21,28)(H,22,25,26). The Morgan fingerprint density at radius 1 is 1.20 bits per heavy atom. The highest BCUT2D eigenvalue weighted by Gasteiger charge is 2.45. The van der Waals surface area contributed by atoms with Gasteiger partial charge in [0.25, 0.3) is 5.91 Å². The molecule has 1 spiro atoms. The monoisotopic (exact) mass is 414 g/mol. The highest BCUT2D eigenvalue weighted by Crippen LogP contribution is 2.32. The largest absolute Gasteiger partial charge is 0.346 e. The van der Waals surface area contributed by atoms with Crippen LogP contribution < -0.4 is 10.6 Å². The minimum absolute atomic E-state index is 0.211. The predicted octanol–water partition coefficient (Wildman–Crippen LogP) is 0.428. The van der Waals surface area contributed by atoms with E-state index in [0.29, 0.717) is 50.4 Å². The van der Waals surface area contributed by atoms with Crippen LogP contribution in [0.4, 0.5) is 10.5 Å². The van der Waals surface area contributed by atoms with Crippen LogP contribution in [0.1, 0.15) is 35.2 Å². The number of urea groups is 1. The summed E-state index contributed by atoms with van der Waals surface area (Å²) >= 11 is 0. The van der Waals surface area contributed by atoms with E-state index in [1.54, 1.807) is 23.1 Å². The van der Waals surface area contributed by atoms with Crippen LogP contribution in [0.15, 0.2) is 18.2 Å². The van der Waals surface area contributed by atoms with Gasteiger partial charge < -0.3 is 24.6 Å². The first-order valence-corrected chi connectivity index (χ1v) is 10.1. The van der Waals surface area contributed by atoms with E-state index in [-0.39, 0.29) is 30.8 Å². The zero-order valence-corrected chi connectivity index (χ0v) is 16.3. The maximum absolute atomic E-state index is 12.7. The molecule has 1 aromatic rings.